The first kappa shape index (κ1) is 15.1. The molecule has 0 saturated carbocycles. The van der Waals surface area contributed by atoms with Crippen LogP contribution in [0.2, 0.25) is 0 Å². The Hall–Kier alpha value is -3.41. The summed E-state index contributed by atoms with van der Waals surface area (Å²) < 4.78 is 0. The summed E-state index contributed by atoms with van der Waals surface area (Å²) in [6.45, 7) is 4.01. The van der Waals surface area contributed by atoms with Gasteiger partial charge in [0.15, 0.2) is 5.82 Å². The number of benzene rings is 2. The summed E-state index contributed by atoms with van der Waals surface area (Å²) in [4.78, 5) is 9.28. The molecule has 0 bridgehead atoms. The molecular formula is C19H18N6. The molecule has 6 heteroatoms. The van der Waals surface area contributed by atoms with Crippen molar-refractivity contribution in [2.45, 2.75) is 13.8 Å². The molecule has 0 aliphatic rings. The highest BCUT2D eigenvalue weighted by molar-refractivity contribution is 5.91. The Balaban J connectivity index is 1.76. The zero-order valence-corrected chi connectivity index (χ0v) is 14.0. The van der Waals surface area contributed by atoms with Gasteiger partial charge in [-0.15, -0.1) is 0 Å². The van der Waals surface area contributed by atoms with Gasteiger partial charge in [0.05, 0.1) is 5.52 Å². The van der Waals surface area contributed by atoms with E-state index < -0.39 is 0 Å². The van der Waals surface area contributed by atoms with Crippen LogP contribution in [0.25, 0.3) is 10.9 Å². The third-order valence-corrected chi connectivity index (χ3v) is 3.95. The molecule has 124 valence electrons. The van der Waals surface area contributed by atoms with Gasteiger partial charge >= 0.3 is 0 Å². The van der Waals surface area contributed by atoms with Gasteiger partial charge in [0.1, 0.15) is 5.82 Å². The van der Waals surface area contributed by atoms with Crippen LogP contribution in [0.3, 0.4) is 0 Å². The number of nitrogens with one attached hydrogen (secondary N) is 3. The summed E-state index contributed by atoms with van der Waals surface area (Å²) in [6.07, 6.45) is 0. The minimum atomic E-state index is 0.544. The van der Waals surface area contributed by atoms with Gasteiger partial charge in [0, 0.05) is 22.8 Å². The second-order valence-electron chi connectivity index (χ2n) is 5.91. The maximum atomic E-state index is 4.65. The molecule has 0 saturated heterocycles. The van der Waals surface area contributed by atoms with Crippen LogP contribution >= 0.6 is 0 Å². The van der Waals surface area contributed by atoms with Gasteiger partial charge in [0.25, 0.3) is 0 Å². The van der Waals surface area contributed by atoms with Gasteiger partial charge in [-0.1, -0.05) is 30.3 Å². The lowest BCUT2D eigenvalue weighted by Gasteiger charge is -2.12. The van der Waals surface area contributed by atoms with E-state index >= 15 is 0 Å². The van der Waals surface area contributed by atoms with Gasteiger partial charge < -0.3 is 10.6 Å². The van der Waals surface area contributed by atoms with Crippen LogP contribution in [0.4, 0.5) is 23.3 Å². The monoisotopic (exact) mass is 330 g/mol. The van der Waals surface area contributed by atoms with Gasteiger partial charge in [0.2, 0.25) is 5.95 Å². The van der Waals surface area contributed by atoms with Crippen molar-refractivity contribution >= 4 is 34.2 Å². The minimum absolute atomic E-state index is 0.544. The van der Waals surface area contributed by atoms with E-state index in [-0.39, 0.29) is 0 Å². The molecule has 0 amide bonds. The second kappa shape index (κ2) is 6.24. The third kappa shape index (κ3) is 3.14. The predicted octanol–water partition coefficient (Wildman–Crippen LogP) is 4.46. The first-order valence-corrected chi connectivity index (χ1v) is 8.07. The smallest absolute Gasteiger partial charge is 0.229 e. The SMILES string of the molecule is Cc1cc(Nc2nc(Nc3ccccc3C)nc3ccccc23)n[nH]1. The van der Waals surface area contributed by atoms with Gasteiger partial charge in [-0.2, -0.15) is 10.1 Å². The highest BCUT2D eigenvalue weighted by atomic mass is 15.2. The van der Waals surface area contributed by atoms with Crippen molar-refractivity contribution in [3.63, 3.8) is 0 Å². The van der Waals surface area contributed by atoms with E-state index in [0.29, 0.717) is 11.8 Å². The fourth-order valence-corrected chi connectivity index (χ4v) is 2.66. The van der Waals surface area contributed by atoms with Gasteiger partial charge in [-0.25, -0.2) is 4.98 Å². The van der Waals surface area contributed by atoms with Crippen molar-refractivity contribution in [3.8, 4) is 0 Å². The number of aryl methyl sites for hydroxylation is 2. The Labute approximate surface area is 145 Å². The molecule has 0 aliphatic carbocycles. The molecule has 0 unspecified atom stereocenters. The molecule has 0 atom stereocenters. The topological polar surface area (TPSA) is 78.5 Å². The number of rotatable bonds is 4. The van der Waals surface area contributed by atoms with Crippen molar-refractivity contribution in [1.29, 1.82) is 0 Å². The van der Waals surface area contributed by atoms with Crippen molar-refractivity contribution < 1.29 is 0 Å². The predicted molar refractivity (Wildman–Crippen MR) is 101 cm³/mol. The number of hydrogen-bond acceptors (Lipinski definition) is 5. The maximum Gasteiger partial charge on any atom is 0.229 e. The molecule has 25 heavy (non-hydrogen) atoms. The number of hydrogen-bond donors (Lipinski definition) is 3. The van der Waals surface area contributed by atoms with E-state index in [1.165, 1.54) is 0 Å². The van der Waals surface area contributed by atoms with E-state index in [9.17, 15) is 0 Å². The van der Waals surface area contributed by atoms with Gasteiger partial charge in [-0.3, -0.25) is 5.10 Å². The molecule has 4 aromatic rings. The lowest BCUT2D eigenvalue weighted by molar-refractivity contribution is 1.05. The first-order chi connectivity index (χ1) is 12.2. The molecule has 2 heterocycles. The Kier molecular flexibility index (Phi) is 3.78. The van der Waals surface area contributed by atoms with Crippen LogP contribution in [-0.2, 0) is 0 Å². The Morgan fingerprint density at radius 3 is 2.48 bits per heavy atom. The Morgan fingerprint density at radius 2 is 1.68 bits per heavy atom. The molecule has 2 aromatic heterocycles. The normalized spacial score (nSPS) is 10.8. The summed E-state index contributed by atoms with van der Waals surface area (Å²) >= 11 is 0. The summed E-state index contributed by atoms with van der Waals surface area (Å²) in [6, 6.07) is 17.9. The Bertz CT molecular complexity index is 1040. The minimum Gasteiger partial charge on any atom is -0.324 e. The van der Waals surface area contributed by atoms with E-state index in [0.717, 1.165) is 33.7 Å². The first-order valence-electron chi connectivity index (χ1n) is 8.07. The summed E-state index contributed by atoms with van der Waals surface area (Å²) in [5, 5.41) is 14.7. The standard InChI is InChI=1S/C19H18N6/c1-12-7-3-5-9-15(12)20-19-21-16-10-6-4-8-14(16)18(23-19)22-17-11-13(2)24-25-17/h3-11H,1-2H3,(H3,20,21,22,23,24,25). The number of aromatic nitrogens is 4. The molecule has 0 fully saturated rings. The van der Waals surface area contributed by atoms with E-state index in [4.69, 9.17) is 0 Å². The molecule has 0 spiro atoms. The molecule has 2 aromatic carbocycles. The molecule has 4 rings (SSSR count). The van der Waals surface area contributed by atoms with Crippen LogP contribution in [0.5, 0.6) is 0 Å². The summed E-state index contributed by atoms with van der Waals surface area (Å²) in [7, 11) is 0. The van der Waals surface area contributed by atoms with Crippen LogP contribution in [0.15, 0.2) is 54.6 Å². The van der Waals surface area contributed by atoms with Crippen molar-refractivity contribution in [2.24, 2.45) is 0 Å². The highest BCUT2D eigenvalue weighted by Gasteiger charge is 2.10. The highest BCUT2D eigenvalue weighted by Crippen LogP contribution is 2.26. The fraction of sp³-hybridized carbons (Fsp3) is 0.105. The van der Waals surface area contributed by atoms with E-state index in [2.05, 4.69) is 43.8 Å². The second-order valence-corrected chi connectivity index (χ2v) is 5.91. The number of anilines is 4. The number of nitrogens with zero attached hydrogens (tertiary/aromatic N) is 3. The van der Waals surface area contributed by atoms with Crippen molar-refractivity contribution in [3.05, 3.63) is 65.9 Å². The number of para-hydroxylation sites is 2. The Morgan fingerprint density at radius 1 is 0.880 bits per heavy atom. The van der Waals surface area contributed by atoms with E-state index in [1.54, 1.807) is 0 Å². The van der Waals surface area contributed by atoms with Crippen molar-refractivity contribution in [1.82, 2.24) is 20.2 Å². The quantitative estimate of drug-likeness (QED) is 0.515. The lowest BCUT2D eigenvalue weighted by Crippen LogP contribution is -2.03. The number of H-pyrrole nitrogens is 1. The van der Waals surface area contributed by atoms with Gasteiger partial charge in [-0.05, 0) is 37.6 Å². The molecule has 6 nitrogen and oxygen atoms in total. The third-order valence-electron chi connectivity index (χ3n) is 3.95. The number of fused-ring (bicyclic) bond motifs is 1. The zero-order chi connectivity index (χ0) is 17.2. The van der Waals surface area contributed by atoms with Crippen LogP contribution in [0.1, 0.15) is 11.3 Å². The molecular weight excluding hydrogens is 312 g/mol. The van der Waals surface area contributed by atoms with E-state index in [1.807, 2.05) is 55.5 Å². The number of aromatic amines is 1. The summed E-state index contributed by atoms with van der Waals surface area (Å²) in [5.74, 6) is 1.99. The molecule has 3 N–H and O–H groups in total. The van der Waals surface area contributed by atoms with Crippen LogP contribution in [-0.4, -0.2) is 20.2 Å². The fourth-order valence-electron chi connectivity index (χ4n) is 2.66. The average Bonchev–Trinajstić information content (AvgIpc) is 3.02. The maximum absolute atomic E-state index is 4.65. The van der Waals surface area contributed by atoms with Crippen molar-refractivity contribution in [2.75, 3.05) is 10.6 Å². The largest absolute Gasteiger partial charge is 0.324 e. The molecule has 0 radical (unpaired) electrons. The molecule has 0 aliphatic heterocycles. The van der Waals surface area contributed by atoms with Crippen LogP contribution in [0, 0.1) is 13.8 Å². The summed E-state index contributed by atoms with van der Waals surface area (Å²) in [5.41, 5.74) is 3.97. The average molecular weight is 330 g/mol. The van der Waals surface area contributed by atoms with Crippen LogP contribution < -0.4 is 10.6 Å². The zero-order valence-electron chi connectivity index (χ0n) is 14.0. The lowest BCUT2D eigenvalue weighted by atomic mass is 10.2.